The Morgan fingerprint density at radius 1 is 1.41 bits per heavy atom. The van der Waals surface area contributed by atoms with Gasteiger partial charge in [-0.15, -0.1) is 0 Å². The van der Waals surface area contributed by atoms with Gasteiger partial charge in [0.1, 0.15) is 18.2 Å². The van der Waals surface area contributed by atoms with Gasteiger partial charge >= 0.3 is 0 Å². The molecule has 2 rings (SSSR count). The molecule has 0 saturated carbocycles. The molecule has 0 amide bonds. The van der Waals surface area contributed by atoms with Crippen molar-refractivity contribution in [3.05, 3.63) is 48.0 Å². The average molecular weight is 235 g/mol. The molecule has 5 heteroatoms. The lowest BCUT2D eigenvalue weighted by Crippen LogP contribution is -2.08. The molecule has 0 aliphatic carbocycles. The molecule has 0 spiro atoms. The van der Waals surface area contributed by atoms with Crippen LogP contribution in [0.5, 0.6) is 5.75 Å². The van der Waals surface area contributed by atoms with Crippen LogP contribution in [0.1, 0.15) is 5.56 Å². The number of hydrogen-bond donors (Lipinski definition) is 1. The number of ether oxygens (including phenoxy) is 1. The second-order valence-corrected chi connectivity index (χ2v) is 3.57. The number of hydrogen-bond acceptors (Lipinski definition) is 3. The normalized spacial score (nSPS) is 10.5. The largest absolute Gasteiger partial charge is 0.492 e. The van der Waals surface area contributed by atoms with Crippen LogP contribution in [0.2, 0.25) is 0 Å². The number of halogens is 1. The molecule has 0 unspecified atom stereocenters. The topological polar surface area (TPSA) is 53.1 Å². The van der Waals surface area contributed by atoms with E-state index >= 15 is 0 Å². The zero-order valence-corrected chi connectivity index (χ0v) is 9.34. The van der Waals surface area contributed by atoms with Crippen LogP contribution in [0.4, 0.5) is 4.39 Å². The Hall–Kier alpha value is -1.88. The van der Waals surface area contributed by atoms with Crippen LogP contribution in [0, 0.1) is 5.82 Å². The van der Waals surface area contributed by atoms with Gasteiger partial charge in [0.15, 0.2) is 0 Å². The van der Waals surface area contributed by atoms with E-state index in [1.54, 1.807) is 23.0 Å². The molecule has 2 aromatic rings. The second kappa shape index (κ2) is 5.45. The van der Waals surface area contributed by atoms with E-state index in [0.717, 1.165) is 0 Å². The Labute approximate surface area is 98.8 Å². The molecule has 0 fully saturated rings. The lowest BCUT2D eigenvalue weighted by atomic mass is 10.2. The van der Waals surface area contributed by atoms with Gasteiger partial charge in [-0.2, -0.15) is 5.10 Å². The zero-order valence-electron chi connectivity index (χ0n) is 9.34. The van der Waals surface area contributed by atoms with E-state index in [9.17, 15) is 4.39 Å². The van der Waals surface area contributed by atoms with Crippen molar-refractivity contribution >= 4 is 0 Å². The fraction of sp³-hybridized carbons (Fsp3) is 0.250. The third kappa shape index (κ3) is 3.04. The third-order valence-electron chi connectivity index (χ3n) is 2.39. The Kier molecular flexibility index (Phi) is 3.72. The summed E-state index contributed by atoms with van der Waals surface area (Å²) in [5.74, 6) is 0.177. The molecule has 4 nitrogen and oxygen atoms in total. The van der Waals surface area contributed by atoms with Crippen LogP contribution in [0.3, 0.4) is 0 Å². The van der Waals surface area contributed by atoms with Crippen LogP contribution in [-0.4, -0.2) is 16.4 Å². The van der Waals surface area contributed by atoms with Gasteiger partial charge in [0.25, 0.3) is 0 Å². The standard InChI is InChI=1S/C12H14FN3O/c13-12-8-11(3-2-10(12)9-14)17-7-6-16-5-1-4-15-16/h1-5,8H,6-7,9,14H2. The molecule has 0 bridgehead atoms. The van der Waals surface area contributed by atoms with Crippen molar-refractivity contribution in [3.8, 4) is 5.75 Å². The monoisotopic (exact) mass is 235 g/mol. The minimum absolute atomic E-state index is 0.194. The summed E-state index contributed by atoms with van der Waals surface area (Å²) < 4.78 is 20.5. The van der Waals surface area contributed by atoms with E-state index in [4.69, 9.17) is 10.5 Å². The molecule has 0 aliphatic rings. The maximum Gasteiger partial charge on any atom is 0.131 e. The molecule has 0 radical (unpaired) electrons. The molecule has 1 aromatic carbocycles. The molecular weight excluding hydrogens is 221 g/mol. The molecule has 2 N–H and O–H groups in total. The summed E-state index contributed by atoms with van der Waals surface area (Å²) in [4.78, 5) is 0. The van der Waals surface area contributed by atoms with Gasteiger partial charge in [-0.05, 0) is 12.1 Å². The summed E-state index contributed by atoms with van der Waals surface area (Å²) in [6.45, 7) is 1.27. The lowest BCUT2D eigenvalue weighted by Gasteiger charge is -2.07. The van der Waals surface area contributed by atoms with E-state index in [2.05, 4.69) is 5.10 Å². The Morgan fingerprint density at radius 2 is 2.29 bits per heavy atom. The number of nitrogens with zero attached hydrogens (tertiary/aromatic N) is 2. The molecule has 0 saturated heterocycles. The molecule has 17 heavy (non-hydrogen) atoms. The Morgan fingerprint density at radius 3 is 2.94 bits per heavy atom. The smallest absolute Gasteiger partial charge is 0.131 e. The first kappa shape index (κ1) is 11.6. The van der Waals surface area contributed by atoms with Gasteiger partial charge in [0, 0.05) is 30.6 Å². The van der Waals surface area contributed by atoms with E-state index in [-0.39, 0.29) is 12.4 Å². The summed E-state index contributed by atoms with van der Waals surface area (Å²) in [5, 5.41) is 4.04. The maximum atomic E-state index is 13.4. The molecule has 90 valence electrons. The lowest BCUT2D eigenvalue weighted by molar-refractivity contribution is 0.290. The molecule has 0 aliphatic heterocycles. The van der Waals surface area contributed by atoms with E-state index in [0.29, 0.717) is 24.5 Å². The van der Waals surface area contributed by atoms with E-state index < -0.39 is 0 Å². The maximum absolute atomic E-state index is 13.4. The van der Waals surface area contributed by atoms with Gasteiger partial charge < -0.3 is 10.5 Å². The average Bonchev–Trinajstić information content (AvgIpc) is 2.82. The van der Waals surface area contributed by atoms with Gasteiger partial charge in [0.05, 0.1) is 6.54 Å². The first-order valence-corrected chi connectivity index (χ1v) is 5.38. The van der Waals surface area contributed by atoms with E-state index in [1.165, 1.54) is 6.07 Å². The van der Waals surface area contributed by atoms with Crippen LogP contribution < -0.4 is 10.5 Å². The van der Waals surface area contributed by atoms with Crippen molar-refractivity contribution in [3.63, 3.8) is 0 Å². The zero-order chi connectivity index (χ0) is 12.1. The van der Waals surface area contributed by atoms with Crippen molar-refractivity contribution in [2.24, 2.45) is 5.73 Å². The van der Waals surface area contributed by atoms with Crippen LogP contribution in [0.25, 0.3) is 0 Å². The summed E-state index contributed by atoms with van der Waals surface area (Å²) in [6.07, 6.45) is 3.55. The highest BCUT2D eigenvalue weighted by atomic mass is 19.1. The highest BCUT2D eigenvalue weighted by molar-refractivity contribution is 5.28. The van der Waals surface area contributed by atoms with Crippen LogP contribution in [0.15, 0.2) is 36.7 Å². The predicted octanol–water partition coefficient (Wildman–Crippen LogP) is 1.56. The number of rotatable bonds is 5. The summed E-state index contributed by atoms with van der Waals surface area (Å²) >= 11 is 0. The third-order valence-corrected chi connectivity index (χ3v) is 2.39. The first-order valence-electron chi connectivity index (χ1n) is 5.38. The summed E-state index contributed by atoms with van der Waals surface area (Å²) in [7, 11) is 0. The minimum Gasteiger partial charge on any atom is -0.492 e. The van der Waals surface area contributed by atoms with Crippen molar-refractivity contribution in [1.29, 1.82) is 0 Å². The van der Waals surface area contributed by atoms with Crippen molar-refractivity contribution in [1.82, 2.24) is 9.78 Å². The van der Waals surface area contributed by atoms with Gasteiger partial charge in [-0.1, -0.05) is 6.07 Å². The van der Waals surface area contributed by atoms with Crippen molar-refractivity contribution in [2.45, 2.75) is 13.1 Å². The quantitative estimate of drug-likeness (QED) is 0.855. The summed E-state index contributed by atoms with van der Waals surface area (Å²) in [5.41, 5.74) is 5.86. The van der Waals surface area contributed by atoms with E-state index in [1.807, 2.05) is 12.3 Å². The molecule has 1 aromatic heterocycles. The van der Waals surface area contributed by atoms with Crippen molar-refractivity contribution in [2.75, 3.05) is 6.61 Å². The highest BCUT2D eigenvalue weighted by Crippen LogP contribution is 2.16. The molecule has 1 heterocycles. The highest BCUT2D eigenvalue weighted by Gasteiger charge is 2.02. The second-order valence-electron chi connectivity index (χ2n) is 3.57. The van der Waals surface area contributed by atoms with Gasteiger partial charge in [-0.3, -0.25) is 4.68 Å². The van der Waals surface area contributed by atoms with Gasteiger partial charge in [0.2, 0.25) is 0 Å². The molecule has 0 atom stereocenters. The van der Waals surface area contributed by atoms with Gasteiger partial charge in [-0.25, -0.2) is 4.39 Å². The Balaban J connectivity index is 1.89. The van der Waals surface area contributed by atoms with Crippen LogP contribution in [-0.2, 0) is 13.1 Å². The SMILES string of the molecule is NCc1ccc(OCCn2cccn2)cc1F. The number of aromatic nitrogens is 2. The summed E-state index contributed by atoms with van der Waals surface area (Å²) in [6, 6.07) is 6.55. The first-order chi connectivity index (χ1) is 8.29. The minimum atomic E-state index is -0.330. The fourth-order valence-electron chi connectivity index (χ4n) is 1.47. The van der Waals surface area contributed by atoms with Crippen molar-refractivity contribution < 1.29 is 9.13 Å². The predicted molar refractivity (Wildman–Crippen MR) is 62.0 cm³/mol. The van der Waals surface area contributed by atoms with Crippen LogP contribution >= 0.6 is 0 Å². The number of benzene rings is 1. The molecular formula is C12H14FN3O. The fourth-order valence-corrected chi connectivity index (χ4v) is 1.47. The Bertz CT molecular complexity index is 471. The number of nitrogens with two attached hydrogens (primary N) is 1.